The Morgan fingerprint density at radius 1 is 1.35 bits per heavy atom. The number of rotatable bonds is 3. The summed E-state index contributed by atoms with van der Waals surface area (Å²) in [6.45, 7) is 1.43. The van der Waals surface area contributed by atoms with Crippen LogP contribution in [0.25, 0.3) is 0 Å². The highest BCUT2D eigenvalue weighted by atomic mass is 16.5. The van der Waals surface area contributed by atoms with E-state index < -0.39 is 6.10 Å². The van der Waals surface area contributed by atoms with E-state index in [4.69, 9.17) is 4.74 Å². The Hall–Kier alpha value is -1.39. The molecule has 1 fully saturated rings. The van der Waals surface area contributed by atoms with Crippen molar-refractivity contribution in [1.29, 1.82) is 0 Å². The lowest BCUT2D eigenvalue weighted by molar-refractivity contribution is -0.119. The molecule has 2 aliphatic rings. The van der Waals surface area contributed by atoms with Crippen LogP contribution in [0.3, 0.4) is 0 Å². The van der Waals surface area contributed by atoms with E-state index in [1.807, 2.05) is 29.2 Å². The maximum Gasteiger partial charge on any atom is 0.227 e. The van der Waals surface area contributed by atoms with Gasteiger partial charge in [-0.1, -0.05) is 18.2 Å². The number of carbonyl (C=O) groups excluding carboxylic acids is 1. The third-order valence-electron chi connectivity index (χ3n) is 4.22. The zero-order valence-corrected chi connectivity index (χ0v) is 11.6. The minimum Gasteiger partial charge on any atom is -0.388 e. The van der Waals surface area contributed by atoms with Crippen molar-refractivity contribution >= 4 is 11.6 Å². The summed E-state index contributed by atoms with van der Waals surface area (Å²) < 4.78 is 5.57. The fourth-order valence-electron chi connectivity index (χ4n) is 3.09. The van der Waals surface area contributed by atoms with Crippen molar-refractivity contribution in [3.8, 4) is 0 Å². The van der Waals surface area contributed by atoms with Gasteiger partial charge in [0.1, 0.15) is 0 Å². The van der Waals surface area contributed by atoms with E-state index in [1.165, 1.54) is 0 Å². The van der Waals surface area contributed by atoms with Crippen LogP contribution in [-0.4, -0.2) is 30.3 Å². The SMILES string of the molecule is O=C(CCC1CCCO1)N1CCC(O)c2ccccc21. The number of carbonyl (C=O) groups is 1. The minimum atomic E-state index is -0.451. The third-order valence-corrected chi connectivity index (χ3v) is 4.22. The van der Waals surface area contributed by atoms with Crippen molar-refractivity contribution in [1.82, 2.24) is 0 Å². The normalized spacial score (nSPS) is 25.6. The second-order valence-electron chi connectivity index (χ2n) is 5.58. The quantitative estimate of drug-likeness (QED) is 0.921. The molecule has 0 saturated carbocycles. The van der Waals surface area contributed by atoms with Gasteiger partial charge in [-0.2, -0.15) is 0 Å². The van der Waals surface area contributed by atoms with Crippen LogP contribution in [0.15, 0.2) is 24.3 Å². The van der Waals surface area contributed by atoms with Crippen LogP contribution >= 0.6 is 0 Å². The Kier molecular flexibility index (Phi) is 4.03. The number of hydrogen-bond acceptors (Lipinski definition) is 3. The van der Waals surface area contributed by atoms with Crippen LogP contribution in [-0.2, 0) is 9.53 Å². The first-order chi connectivity index (χ1) is 9.75. The molecule has 0 bridgehead atoms. The van der Waals surface area contributed by atoms with Gasteiger partial charge < -0.3 is 14.7 Å². The van der Waals surface area contributed by atoms with Gasteiger partial charge in [0.15, 0.2) is 0 Å². The molecule has 2 heterocycles. The van der Waals surface area contributed by atoms with E-state index in [-0.39, 0.29) is 12.0 Å². The lowest BCUT2D eigenvalue weighted by Crippen LogP contribution is -2.37. The molecule has 20 heavy (non-hydrogen) atoms. The molecule has 0 aromatic heterocycles. The Morgan fingerprint density at radius 2 is 2.20 bits per heavy atom. The van der Waals surface area contributed by atoms with Crippen molar-refractivity contribution in [2.24, 2.45) is 0 Å². The van der Waals surface area contributed by atoms with Gasteiger partial charge in [0.05, 0.1) is 12.2 Å². The zero-order valence-electron chi connectivity index (χ0n) is 11.6. The topological polar surface area (TPSA) is 49.8 Å². The van der Waals surface area contributed by atoms with Crippen molar-refractivity contribution in [3.63, 3.8) is 0 Å². The molecule has 1 aromatic carbocycles. The number of aliphatic hydroxyl groups is 1. The van der Waals surface area contributed by atoms with E-state index in [2.05, 4.69) is 0 Å². The van der Waals surface area contributed by atoms with E-state index in [0.29, 0.717) is 19.4 Å². The number of benzene rings is 1. The summed E-state index contributed by atoms with van der Waals surface area (Å²) in [5.41, 5.74) is 1.73. The first kappa shape index (κ1) is 13.6. The van der Waals surface area contributed by atoms with Gasteiger partial charge in [0.2, 0.25) is 5.91 Å². The molecule has 1 saturated heterocycles. The van der Waals surface area contributed by atoms with E-state index in [1.54, 1.807) is 0 Å². The van der Waals surface area contributed by atoms with E-state index in [0.717, 1.165) is 37.1 Å². The van der Waals surface area contributed by atoms with E-state index >= 15 is 0 Å². The molecular formula is C16H21NO3. The number of amides is 1. The Labute approximate surface area is 119 Å². The summed E-state index contributed by atoms with van der Waals surface area (Å²) in [5, 5.41) is 10.0. The van der Waals surface area contributed by atoms with Gasteiger partial charge in [-0.05, 0) is 31.7 Å². The average Bonchev–Trinajstić information content (AvgIpc) is 2.99. The number of ether oxygens (including phenoxy) is 1. The Bertz CT molecular complexity index is 482. The molecule has 1 N–H and O–H groups in total. The van der Waals surface area contributed by atoms with E-state index in [9.17, 15) is 9.90 Å². The number of aliphatic hydroxyl groups excluding tert-OH is 1. The van der Waals surface area contributed by atoms with Gasteiger partial charge in [0.25, 0.3) is 0 Å². The van der Waals surface area contributed by atoms with Gasteiger partial charge in [-0.25, -0.2) is 0 Å². The monoisotopic (exact) mass is 275 g/mol. The molecule has 1 aromatic rings. The highest BCUT2D eigenvalue weighted by Gasteiger charge is 2.27. The first-order valence-corrected chi connectivity index (χ1v) is 7.44. The van der Waals surface area contributed by atoms with Crippen LogP contribution in [0.2, 0.25) is 0 Å². The predicted octanol–water partition coefficient (Wildman–Crippen LogP) is 2.42. The number of nitrogens with zero attached hydrogens (tertiary/aromatic N) is 1. The summed E-state index contributed by atoms with van der Waals surface area (Å²) >= 11 is 0. The standard InChI is InChI=1S/C16H21NO3/c18-15-9-10-17(14-6-2-1-5-13(14)15)16(19)8-7-12-4-3-11-20-12/h1-2,5-6,12,15,18H,3-4,7-11H2. The molecule has 2 unspecified atom stereocenters. The predicted molar refractivity (Wildman–Crippen MR) is 76.6 cm³/mol. The molecule has 0 spiro atoms. The lowest BCUT2D eigenvalue weighted by Gasteiger charge is -2.32. The third kappa shape index (κ3) is 2.72. The first-order valence-electron chi connectivity index (χ1n) is 7.44. The lowest BCUT2D eigenvalue weighted by atomic mass is 9.98. The summed E-state index contributed by atoms with van der Waals surface area (Å²) in [5.74, 6) is 0.139. The largest absolute Gasteiger partial charge is 0.388 e. The molecule has 0 radical (unpaired) electrons. The average molecular weight is 275 g/mol. The van der Waals surface area contributed by atoms with Gasteiger partial charge in [-0.15, -0.1) is 0 Å². The molecule has 2 aliphatic heterocycles. The molecule has 0 aliphatic carbocycles. The minimum absolute atomic E-state index is 0.139. The van der Waals surface area contributed by atoms with Gasteiger partial charge in [-0.3, -0.25) is 4.79 Å². The second kappa shape index (κ2) is 5.94. The molecule has 4 heteroatoms. The summed E-state index contributed by atoms with van der Waals surface area (Å²) in [4.78, 5) is 14.2. The molecule has 2 atom stereocenters. The highest BCUT2D eigenvalue weighted by molar-refractivity contribution is 5.94. The summed E-state index contributed by atoms with van der Waals surface area (Å²) in [7, 11) is 0. The number of anilines is 1. The van der Waals surface area contributed by atoms with Crippen molar-refractivity contribution in [3.05, 3.63) is 29.8 Å². The highest BCUT2D eigenvalue weighted by Crippen LogP contribution is 2.34. The fraction of sp³-hybridized carbons (Fsp3) is 0.562. The van der Waals surface area contributed by atoms with Crippen molar-refractivity contribution in [2.75, 3.05) is 18.1 Å². The summed E-state index contributed by atoms with van der Waals surface area (Å²) in [6, 6.07) is 7.64. The van der Waals surface area contributed by atoms with Crippen molar-refractivity contribution in [2.45, 2.75) is 44.3 Å². The van der Waals surface area contributed by atoms with Gasteiger partial charge >= 0.3 is 0 Å². The molecule has 3 rings (SSSR count). The van der Waals surface area contributed by atoms with Crippen LogP contribution < -0.4 is 4.90 Å². The molecule has 108 valence electrons. The smallest absolute Gasteiger partial charge is 0.227 e. The second-order valence-corrected chi connectivity index (χ2v) is 5.58. The Balaban J connectivity index is 1.67. The van der Waals surface area contributed by atoms with Crippen LogP contribution in [0.4, 0.5) is 5.69 Å². The summed E-state index contributed by atoms with van der Waals surface area (Å²) in [6.07, 6.45) is 3.93. The van der Waals surface area contributed by atoms with Crippen LogP contribution in [0.5, 0.6) is 0 Å². The van der Waals surface area contributed by atoms with Gasteiger partial charge in [0, 0.05) is 30.8 Å². The molecule has 1 amide bonds. The number of hydrogen-bond donors (Lipinski definition) is 1. The maximum atomic E-state index is 12.4. The number of para-hydroxylation sites is 1. The molecular weight excluding hydrogens is 254 g/mol. The zero-order chi connectivity index (χ0) is 13.9. The Morgan fingerprint density at radius 3 is 3.00 bits per heavy atom. The van der Waals surface area contributed by atoms with Crippen molar-refractivity contribution < 1.29 is 14.6 Å². The van der Waals surface area contributed by atoms with Crippen LogP contribution in [0, 0.1) is 0 Å². The van der Waals surface area contributed by atoms with Crippen LogP contribution in [0.1, 0.15) is 43.8 Å². The number of fused-ring (bicyclic) bond motifs is 1. The fourth-order valence-corrected chi connectivity index (χ4v) is 3.09. The molecule has 4 nitrogen and oxygen atoms in total. The maximum absolute atomic E-state index is 12.4.